The van der Waals surface area contributed by atoms with E-state index in [2.05, 4.69) is 0 Å². The number of rotatable bonds is 1. The zero-order valence-corrected chi connectivity index (χ0v) is 8.58. The lowest BCUT2D eigenvalue weighted by molar-refractivity contribution is -0.151. The molecule has 0 amide bonds. The zero-order chi connectivity index (χ0) is 9.57. The van der Waals surface area contributed by atoms with Gasteiger partial charge in [0.1, 0.15) is 0 Å². The third-order valence-electron chi connectivity index (χ3n) is 1.53. The molecule has 1 aliphatic heterocycles. The number of hydrogen-bond donors (Lipinski definition) is 1. The van der Waals surface area contributed by atoms with Crippen LogP contribution >= 0.6 is 46.4 Å². The maximum Gasteiger partial charge on any atom is 0.355 e. The Balaban J connectivity index is 3.01. The number of carboxylic acids is 1. The van der Waals surface area contributed by atoms with E-state index in [0.29, 0.717) is 0 Å². The van der Waals surface area contributed by atoms with Crippen LogP contribution in [0.4, 0.5) is 0 Å². The average molecular weight is 254 g/mol. The quantitative estimate of drug-likeness (QED) is 0.726. The number of carbonyl (C=O) groups is 1. The van der Waals surface area contributed by atoms with Gasteiger partial charge in [-0.25, -0.2) is 4.79 Å². The van der Waals surface area contributed by atoms with Crippen LogP contribution in [0, 0.1) is 0 Å². The van der Waals surface area contributed by atoms with Crippen molar-refractivity contribution >= 4 is 52.4 Å². The molecule has 2 atom stereocenters. The minimum atomic E-state index is -2.15. The Kier molecular flexibility index (Phi) is 2.73. The molecule has 70 valence electrons. The maximum absolute atomic E-state index is 10.6. The standard InChI is InChI=1S/C5H4Cl4O3/c6-2-1-12-5(9,3(10)11)4(2,7)8/h2H,1H2,(H,10,11). The van der Waals surface area contributed by atoms with E-state index in [1.54, 1.807) is 0 Å². The number of aliphatic carboxylic acids is 1. The molecule has 0 saturated carbocycles. The van der Waals surface area contributed by atoms with Crippen LogP contribution in [-0.4, -0.2) is 32.5 Å². The molecule has 0 aromatic carbocycles. The Hall–Kier alpha value is 0.590. The highest BCUT2D eigenvalue weighted by molar-refractivity contribution is 6.59. The number of carboxylic acid groups (broad SMARTS) is 1. The molecular weight excluding hydrogens is 250 g/mol. The summed E-state index contributed by atoms with van der Waals surface area (Å²) in [5.41, 5.74) is 0. The van der Waals surface area contributed by atoms with Crippen molar-refractivity contribution in [3.63, 3.8) is 0 Å². The van der Waals surface area contributed by atoms with Crippen LogP contribution in [0.25, 0.3) is 0 Å². The van der Waals surface area contributed by atoms with Crippen LogP contribution in [0.3, 0.4) is 0 Å². The van der Waals surface area contributed by atoms with Crippen molar-refractivity contribution in [3.05, 3.63) is 0 Å². The lowest BCUT2D eigenvalue weighted by atomic mass is 10.2. The highest BCUT2D eigenvalue weighted by atomic mass is 35.5. The van der Waals surface area contributed by atoms with Gasteiger partial charge in [-0.1, -0.05) is 34.8 Å². The maximum atomic E-state index is 10.6. The van der Waals surface area contributed by atoms with Gasteiger partial charge in [0.25, 0.3) is 5.06 Å². The molecule has 1 heterocycles. The van der Waals surface area contributed by atoms with Crippen LogP contribution < -0.4 is 0 Å². The van der Waals surface area contributed by atoms with Crippen molar-refractivity contribution in [1.82, 2.24) is 0 Å². The fraction of sp³-hybridized carbons (Fsp3) is 0.800. The van der Waals surface area contributed by atoms with Crippen molar-refractivity contribution in [3.8, 4) is 0 Å². The molecule has 1 N–H and O–H groups in total. The van der Waals surface area contributed by atoms with Crippen LogP contribution in [0.5, 0.6) is 0 Å². The molecule has 0 aromatic heterocycles. The number of alkyl halides is 4. The molecule has 1 rings (SSSR count). The monoisotopic (exact) mass is 252 g/mol. The smallest absolute Gasteiger partial charge is 0.355 e. The average Bonchev–Trinajstić information content (AvgIpc) is 2.15. The number of hydrogen-bond acceptors (Lipinski definition) is 2. The molecule has 1 fully saturated rings. The molecule has 1 saturated heterocycles. The summed E-state index contributed by atoms with van der Waals surface area (Å²) in [6, 6.07) is 0. The van der Waals surface area contributed by atoms with Crippen LogP contribution in [0.15, 0.2) is 0 Å². The molecule has 0 bridgehead atoms. The second kappa shape index (κ2) is 3.07. The largest absolute Gasteiger partial charge is 0.478 e. The summed E-state index contributed by atoms with van der Waals surface area (Å²) in [5.74, 6) is -1.45. The fourth-order valence-corrected chi connectivity index (χ4v) is 1.66. The molecule has 1 aliphatic rings. The van der Waals surface area contributed by atoms with E-state index in [0.717, 1.165) is 0 Å². The summed E-state index contributed by atoms with van der Waals surface area (Å²) in [4.78, 5) is 10.6. The van der Waals surface area contributed by atoms with Gasteiger partial charge >= 0.3 is 5.97 Å². The Morgan fingerprint density at radius 3 is 2.17 bits per heavy atom. The van der Waals surface area contributed by atoms with E-state index < -0.39 is 20.7 Å². The summed E-state index contributed by atoms with van der Waals surface area (Å²) in [6.45, 7) is -0.0929. The molecule has 2 unspecified atom stereocenters. The Bertz CT molecular complexity index is 219. The summed E-state index contributed by atoms with van der Waals surface area (Å²) >= 11 is 22.3. The summed E-state index contributed by atoms with van der Waals surface area (Å²) < 4.78 is 2.88. The first kappa shape index (κ1) is 10.7. The van der Waals surface area contributed by atoms with Gasteiger partial charge in [-0.05, 0) is 0 Å². The van der Waals surface area contributed by atoms with E-state index in [1.165, 1.54) is 0 Å². The van der Waals surface area contributed by atoms with Gasteiger partial charge in [0, 0.05) is 0 Å². The predicted molar refractivity (Wildman–Crippen MR) is 46.2 cm³/mol. The van der Waals surface area contributed by atoms with Gasteiger partial charge in [0.2, 0.25) is 0 Å². The molecule has 0 spiro atoms. The Morgan fingerprint density at radius 2 is 2.00 bits per heavy atom. The minimum absolute atomic E-state index is 0.0929. The minimum Gasteiger partial charge on any atom is -0.478 e. The van der Waals surface area contributed by atoms with Gasteiger partial charge in [0.15, 0.2) is 4.33 Å². The van der Waals surface area contributed by atoms with E-state index in [9.17, 15) is 4.79 Å². The van der Waals surface area contributed by atoms with Gasteiger partial charge < -0.3 is 9.84 Å². The molecule has 7 heteroatoms. The first-order valence-electron chi connectivity index (χ1n) is 2.90. The highest BCUT2D eigenvalue weighted by Crippen LogP contribution is 2.50. The first-order chi connectivity index (χ1) is 5.32. The van der Waals surface area contributed by atoms with E-state index in [4.69, 9.17) is 56.2 Å². The highest BCUT2D eigenvalue weighted by Gasteiger charge is 2.64. The molecule has 0 aliphatic carbocycles. The third-order valence-corrected chi connectivity index (χ3v) is 4.02. The van der Waals surface area contributed by atoms with E-state index in [-0.39, 0.29) is 6.61 Å². The van der Waals surface area contributed by atoms with Crippen LogP contribution in [0.1, 0.15) is 0 Å². The number of halogens is 4. The van der Waals surface area contributed by atoms with Gasteiger partial charge in [-0.15, -0.1) is 11.6 Å². The fourth-order valence-electron chi connectivity index (χ4n) is 0.795. The normalized spacial score (nSPS) is 39.8. The van der Waals surface area contributed by atoms with Crippen molar-refractivity contribution in [2.45, 2.75) is 14.8 Å². The lowest BCUT2D eigenvalue weighted by Crippen LogP contribution is -2.48. The Labute approximate surface area is 88.5 Å². The van der Waals surface area contributed by atoms with Crippen LogP contribution in [-0.2, 0) is 9.53 Å². The first-order valence-corrected chi connectivity index (χ1v) is 4.47. The molecule has 0 radical (unpaired) electrons. The molecule has 12 heavy (non-hydrogen) atoms. The van der Waals surface area contributed by atoms with Gasteiger partial charge in [-0.2, -0.15) is 0 Å². The number of ether oxygens (including phenoxy) is 1. The van der Waals surface area contributed by atoms with Gasteiger partial charge in [-0.3, -0.25) is 0 Å². The van der Waals surface area contributed by atoms with Crippen LogP contribution in [0.2, 0.25) is 0 Å². The second-order valence-corrected chi connectivity index (χ2v) is 4.75. The second-order valence-electron chi connectivity index (χ2n) is 2.30. The molecule has 3 nitrogen and oxygen atoms in total. The molecular formula is C5H4Cl4O3. The zero-order valence-electron chi connectivity index (χ0n) is 5.56. The summed E-state index contributed by atoms with van der Waals surface area (Å²) in [6.07, 6.45) is 0. The topological polar surface area (TPSA) is 46.5 Å². The van der Waals surface area contributed by atoms with Crippen molar-refractivity contribution in [1.29, 1.82) is 0 Å². The Morgan fingerprint density at radius 1 is 1.50 bits per heavy atom. The summed E-state index contributed by atoms with van der Waals surface area (Å²) in [5, 5.41) is 5.65. The van der Waals surface area contributed by atoms with Crippen molar-refractivity contribution in [2.24, 2.45) is 0 Å². The lowest BCUT2D eigenvalue weighted by Gasteiger charge is -2.26. The van der Waals surface area contributed by atoms with Crippen molar-refractivity contribution < 1.29 is 14.6 Å². The SMILES string of the molecule is O=C(O)C1(Cl)OCC(Cl)C1(Cl)Cl. The third kappa shape index (κ3) is 1.28. The van der Waals surface area contributed by atoms with E-state index >= 15 is 0 Å². The van der Waals surface area contributed by atoms with Gasteiger partial charge in [0.05, 0.1) is 12.0 Å². The van der Waals surface area contributed by atoms with Crippen molar-refractivity contribution in [2.75, 3.05) is 6.61 Å². The predicted octanol–water partition coefficient (Wildman–Crippen LogP) is 1.82. The van der Waals surface area contributed by atoms with E-state index in [1.807, 2.05) is 0 Å². The summed E-state index contributed by atoms with van der Waals surface area (Å²) in [7, 11) is 0. The molecule has 0 aromatic rings.